The van der Waals surface area contributed by atoms with Gasteiger partial charge in [0, 0.05) is 23.3 Å². The summed E-state index contributed by atoms with van der Waals surface area (Å²) >= 11 is 11.8. The Hall–Kier alpha value is -1.47. The van der Waals surface area contributed by atoms with Crippen LogP contribution in [0.3, 0.4) is 0 Å². The van der Waals surface area contributed by atoms with Crippen LogP contribution >= 0.6 is 23.2 Å². The largest absolute Gasteiger partial charge is 0.491 e. The lowest BCUT2D eigenvalue weighted by molar-refractivity contribution is 0.323. The van der Waals surface area contributed by atoms with Crippen LogP contribution in [0.25, 0.3) is 0 Å². The van der Waals surface area contributed by atoms with E-state index in [1.54, 1.807) is 18.2 Å². The van der Waals surface area contributed by atoms with Gasteiger partial charge in [0.1, 0.15) is 12.4 Å². The molecule has 0 aromatic heterocycles. The van der Waals surface area contributed by atoms with E-state index < -0.39 is 10.0 Å². The lowest BCUT2D eigenvalue weighted by atomic mass is 10.3. The fraction of sp³-hybridized carbons (Fsp3) is 0.143. The number of nitrogens with one attached hydrogen (secondary N) is 1. The van der Waals surface area contributed by atoms with Crippen LogP contribution in [0.1, 0.15) is 0 Å². The highest BCUT2D eigenvalue weighted by Gasteiger charge is 2.13. The third-order valence-electron chi connectivity index (χ3n) is 2.74. The number of hydrogen-bond donors (Lipinski definition) is 2. The van der Waals surface area contributed by atoms with Gasteiger partial charge in [0.25, 0.3) is 0 Å². The first-order valence-electron chi connectivity index (χ1n) is 6.31. The molecule has 0 fully saturated rings. The molecule has 2 aromatic rings. The van der Waals surface area contributed by atoms with Crippen LogP contribution in [-0.4, -0.2) is 21.6 Å². The Morgan fingerprint density at radius 3 is 2.45 bits per heavy atom. The molecule has 0 radical (unpaired) electrons. The Labute approximate surface area is 139 Å². The predicted octanol–water partition coefficient (Wildman–Crippen LogP) is 2.93. The van der Waals surface area contributed by atoms with Gasteiger partial charge in [-0.15, -0.1) is 0 Å². The van der Waals surface area contributed by atoms with E-state index in [4.69, 9.17) is 33.7 Å². The Morgan fingerprint density at radius 2 is 1.77 bits per heavy atom. The fourth-order valence-electron chi connectivity index (χ4n) is 1.66. The van der Waals surface area contributed by atoms with Crippen molar-refractivity contribution in [2.75, 3.05) is 18.9 Å². The van der Waals surface area contributed by atoms with Crippen LogP contribution in [0.15, 0.2) is 47.4 Å². The maximum Gasteiger partial charge on any atom is 0.240 e. The highest BCUT2D eigenvalue weighted by atomic mass is 35.5. The van der Waals surface area contributed by atoms with E-state index in [-0.39, 0.29) is 18.0 Å². The molecule has 0 spiro atoms. The number of halogens is 2. The molecular formula is C14H14Cl2N2O3S. The van der Waals surface area contributed by atoms with Gasteiger partial charge in [-0.2, -0.15) is 0 Å². The molecule has 0 bridgehead atoms. The van der Waals surface area contributed by atoms with Crippen LogP contribution in [0, 0.1) is 0 Å². The fourth-order valence-corrected chi connectivity index (χ4v) is 3.00. The SMILES string of the molecule is Nc1ccc(S(=O)(=O)NCCOc2cc(Cl)ccc2Cl)cc1. The average molecular weight is 361 g/mol. The monoisotopic (exact) mass is 360 g/mol. The molecule has 8 heteroatoms. The molecule has 2 aromatic carbocycles. The molecule has 0 aliphatic carbocycles. The van der Waals surface area contributed by atoms with E-state index in [1.807, 2.05) is 0 Å². The second-order valence-corrected chi connectivity index (χ2v) is 7.00. The number of nitrogens with two attached hydrogens (primary N) is 1. The van der Waals surface area contributed by atoms with E-state index in [2.05, 4.69) is 4.72 Å². The van der Waals surface area contributed by atoms with E-state index in [9.17, 15) is 8.42 Å². The van der Waals surface area contributed by atoms with E-state index in [0.29, 0.717) is 21.5 Å². The maximum atomic E-state index is 12.0. The van der Waals surface area contributed by atoms with Gasteiger partial charge >= 0.3 is 0 Å². The molecule has 0 atom stereocenters. The lowest BCUT2D eigenvalue weighted by Crippen LogP contribution is -2.28. The van der Waals surface area contributed by atoms with Crippen molar-refractivity contribution in [3.63, 3.8) is 0 Å². The number of ether oxygens (including phenoxy) is 1. The van der Waals surface area contributed by atoms with Gasteiger partial charge in [-0.3, -0.25) is 0 Å². The Morgan fingerprint density at radius 1 is 1.09 bits per heavy atom. The second kappa shape index (κ2) is 7.19. The van der Waals surface area contributed by atoms with Gasteiger partial charge in [0.2, 0.25) is 10.0 Å². The summed E-state index contributed by atoms with van der Waals surface area (Å²) in [6.07, 6.45) is 0. The minimum absolute atomic E-state index is 0.0928. The molecule has 0 aliphatic heterocycles. The van der Waals surface area contributed by atoms with Crippen molar-refractivity contribution >= 4 is 38.9 Å². The lowest BCUT2D eigenvalue weighted by Gasteiger charge is -2.10. The Bertz CT molecular complexity index is 749. The summed E-state index contributed by atoms with van der Waals surface area (Å²) in [4.78, 5) is 0.141. The van der Waals surface area contributed by atoms with Crippen LogP contribution < -0.4 is 15.2 Å². The van der Waals surface area contributed by atoms with Gasteiger partial charge in [-0.05, 0) is 36.4 Å². The van der Waals surface area contributed by atoms with Crippen LogP contribution in [0.4, 0.5) is 5.69 Å². The van der Waals surface area contributed by atoms with Gasteiger partial charge in [0.15, 0.2) is 0 Å². The third-order valence-corrected chi connectivity index (χ3v) is 4.76. The summed E-state index contributed by atoms with van der Waals surface area (Å²) in [5.41, 5.74) is 6.02. The smallest absolute Gasteiger partial charge is 0.240 e. The second-order valence-electron chi connectivity index (χ2n) is 4.39. The number of sulfonamides is 1. The van der Waals surface area contributed by atoms with Crippen molar-refractivity contribution in [1.82, 2.24) is 4.72 Å². The zero-order chi connectivity index (χ0) is 16.2. The Balaban J connectivity index is 1.90. The van der Waals surface area contributed by atoms with Crippen molar-refractivity contribution in [1.29, 1.82) is 0 Å². The molecule has 0 aliphatic rings. The maximum absolute atomic E-state index is 12.0. The number of hydrogen-bond acceptors (Lipinski definition) is 4. The van der Waals surface area contributed by atoms with Crippen molar-refractivity contribution in [2.45, 2.75) is 4.90 Å². The summed E-state index contributed by atoms with van der Waals surface area (Å²) in [5.74, 6) is 0.404. The van der Waals surface area contributed by atoms with E-state index in [0.717, 1.165) is 0 Å². The molecule has 0 unspecified atom stereocenters. The zero-order valence-electron chi connectivity index (χ0n) is 11.4. The van der Waals surface area contributed by atoms with Crippen molar-refractivity contribution in [3.8, 4) is 5.75 Å². The molecule has 22 heavy (non-hydrogen) atoms. The first-order valence-corrected chi connectivity index (χ1v) is 8.55. The standard InChI is InChI=1S/C14H14Cl2N2O3S/c15-10-1-6-13(16)14(9-10)21-8-7-18-22(19,20)12-4-2-11(17)3-5-12/h1-6,9,18H,7-8,17H2. The van der Waals surface area contributed by atoms with Crippen molar-refractivity contribution in [3.05, 3.63) is 52.5 Å². The summed E-state index contributed by atoms with van der Waals surface area (Å²) in [5, 5.41) is 0.896. The molecule has 0 saturated carbocycles. The summed E-state index contributed by atoms with van der Waals surface area (Å²) < 4.78 is 31.9. The van der Waals surface area contributed by atoms with Crippen molar-refractivity contribution in [2.24, 2.45) is 0 Å². The van der Waals surface area contributed by atoms with Crippen LogP contribution in [0.5, 0.6) is 5.75 Å². The topological polar surface area (TPSA) is 81.4 Å². The normalized spacial score (nSPS) is 11.4. The number of nitrogen functional groups attached to an aromatic ring is 1. The van der Waals surface area contributed by atoms with E-state index >= 15 is 0 Å². The zero-order valence-corrected chi connectivity index (χ0v) is 13.8. The van der Waals surface area contributed by atoms with Gasteiger partial charge in [-0.25, -0.2) is 13.1 Å². The number of rotatable bonds is 6. The molecule has 0 heterocycles. The number of benzene rings is 2. The minimum atomic E-state index is -3.59. The van der Waals surface area contributed by atoms with Gasteiger partial charge in [0.05, 0.1) is 9.92 Å². The molecule has 0 saturated heterocycles. The first-order chi connectivity index (χ1) is 10.4. The molecule has 2 rings (SSSR count). The molecule has 5 nitrogen and oxygen atoms in total. The summed E-state index contributed by atoms with van der Waals surface area (Å²) in [6, 6.07) is 10.7. The highest BCUT2D eigenvalue weighted by molar-refractivity contribution is 7.89. The van der Waals surface area contributed by atoms with Gasteiger partial charge < -0.3 is 10.5 Å². The first kappa shape index (κ1) is 16.9. The van der Waals surface area contributed by atoms with Gasteiger partial charge in [-0.1, -0.05) is 23.2 Å². The van der Waals surface area contributed by atoms with E-state index in [1.165, 1.54) is 24.3 Å². The summed E-state index contributed by atoms with van der Waals surface area (Å²) in [6.45, 7) is 0.212. The highest BCUT2D eigenvalue weighted by Crippen LogP contribution is 2.27. The van der Waals surface area contributed by atoms with Crippen LogP contribution in [-0.2, 0) is 10.0 Å². The molecular weight excluding hydrogens is 347 g/mol. The molecule has 118 valence electrons. The quantitative estimate of drug-likeness (QED) is 0.612. The summed E-state index contributed by atoms with van der Waals surface area (Å²) in [7, 11) is -3.59. The average Bonchev–Trinajstić information content (AvgIpc) is 2.47. The molecule has 3 N–H and O–H groups in total. The third kappa shape index (κ3) is 4.51. The molecule has 0 amide bonds. The number of anilines is 1. The van der Waals surface area contributed by atoms with Crippen molar-refractivity contribution < 1.29 is 13.2 Å². The Kier molecular flexibility index (Phi) is 5.52. The van der Waals surface area contributed by atoms with Crippen LogP contribution in [0.2, 0.25) is 10.0 Å². The predicted molar refractivity (Wildman–Crippen MR) is 88.0 cm³/mol. The minimum Gasteiger partial charge on any atom is -0.491 e.